The van der Waals surface area contributed by atoms with Gasteiger partial charge in [0.15, 0.2) is 0 Å². The Morgan fingerprint density at radius 3 is 2.75 bits per heavy atom. The number of rotatable bonds is 5. The van der Waals surface area contributed by atoms with Gasteiger partial charge in [-0.1, -0.05) is 41.1 Å². The number of nitrogens with zero attached hydrogens (tertiary/aromatic N) is 3. The third-order valence-electron chi connectivity index (χ3n) is 3.42. The molecule has 0 saturated carbocycles. The molecule has 0 aliphatic carbocycles. The third-order valence-corrected chi connectivity index (χ3v) is 3.77. The molecule has 1 amide bonds. The molecule has 0 aliphatic rings. The Morgan fingerprint density at radius 2 is 2.00 bits per heavy atom. The lowest BCUT2D eigenvalue weighted by Gasteiger charge is -2.05. The van der Waals surface area contributed by atoms with Crippen LogP contribution >= 0.6 is 11.6 Å². The largest absolute Gasteiger partial charge is 0.508 e. The molecular weight excluding hydrogens is 328 g/mol. The minimum absolute atomic E-state index is 0.0710. The molecular formula is C17H15ClN4O2. The van der Waals surface area contributed by atoms with Gasteiger partial charge in [0.1, 0.15) is 11.4 Å². The van der Waals surface area contributed by atoms with Crippen LogP contribution in [0.15, 0.2) is 54.7 Å². The van der Waals surface area contributed by atoms with E-state index in [1.165, 1.54) is 12.1 Å². The van der Waals surface area contributed by atoms with Crippen molar-refractivity contribution in [3.63, 3.8) is 0 Å². The Kier molecular flexibility index (Phi) is 4.77. The van der Waals surface area contributed by atoms with Crippen molar-refractivity contribution in [3.8, 4) is 11.4 Å². The lowest BCUT2D eigenvalue weighted by Crippen LogP contribution is -2.24. The number of aromatic nitrogens is 3. The van der Waals surface area contributed by atoms with Crippen molar-refractivity contribution in [1.82, 2.24) is 20.3 Å². The number of hydrogen-bond acceptors (Lipinski definition) is 4. The SMILES string of the molecule is O=C(Cc1ccc(O)cc1Cl)NCc1cn(-c2ccccc2)nn1. The van der Waals surface area contributed by atoms with Gasteiger partial charge in [0.2, 0.25) is 5.91 Å². The monoisotopic (exact) mass is 342 g/mol. The number of phenols is 1. The third kappa shape index (κ3) is 3.91. The second kappa shape index (κ2) is 7.14. The van der Waals surface area contributed by atoms with Crippen LogP contribution in [0.5, 0.6) is 5.75 Å². The zero-order valence-corrected chi connectivity index (χ0v) is 13.4. The molecule has 0 bridgehead atoms. The van der Waals surface area contributed by atoms with E-state index in [2.05, 4.69) is 15.6 Å². The van der Waals surface area contributed by atoms with E-state index in [4.69, 9.17) is 11.6 Å². The number of phenolic OH excluding ortho intramolecular Hbond substituents is 1. The summed E-state index contributed by atoms with van der Waals surface area (Å²) >= 11 is 6.00. The Morgan fingerprint density at radius 1 is 1.21 bits per heavy atom. The second-order valence-electron chi connectivity index (χ2n) is 5.22. The van der Waals surface area contributed by atoms with Crippen molar-refractivity contribution in [2.75, 3.05) is 0 Å². The summed E-state index contributed by atoms with van der Waals surface area (Å²) in [7, 11) is 0. The molecule has 24 heavy (non-hydrogen) atoms. The predicted octanol–water partition coefficient (Wildman–Crippen LogP) is 2.49. The van der Waals surface area contributed by atoms with E-state index in [1.807, 2.05) is 30.3 Å². The molecule has 0 spiro atoms. The molecule has 0 saturated heterocycles. The molecule has 122 valence electrons. The van der Waals surface area contributed by atoms with Crippen LogP contribution in [0.4, 0.5) is 0 Å². The summed E-state index contributed by atoms with van der Waals surface area (Å²) < 4.78 is 1.65. The summed E-state index contributed by atoms with van der Waals surface area (Å²) in [5.74, 6) is -0.112. The maximum absolute atomic E-state index is 12.0. The zero-order valence-electron chi connectivity index (χ0n) is 12.7. The Hall–Kier alpha value is -2.86. The van der Waals surface area contributed by atoms with Crippen LogP contribution in [0, 0.1) is 0 Å². The van der Waals surface area contributed by atoms with E-state index < -0.39 is 0 Å². The predicted molar refractivity (Wildman–Crippen MR) is 90.0 cm³/mol. The van der Waals surface area contributed by atoms with Crippen molar-refractivity contribution in [3.05, 3.63) is 71.0 Å². The van der Waals surface area contributed by atoms with E-state index in [-0.39, 0.29) is 24.6 Å². The normalized spacial score (nSPS) is 10.5. The van der Waals surface area contributed by atoms with Crippen LogP contribution in [-0.4, -0.2) is 26.0 Å². The molecule has 0 aliphatic heterocycles. The maximum atomic E-state index is 12.0. The Balaban J connectivity index is 1.58. The van der Waals surface area contributed by atoms with Gasteiger partial charge in [0.05, 0.1) is 24.8 Å². The lowest BCUT2D eigenvalue weighted by atomic mass is 10.1. The van der Waals surface area contributed by atoms with Crippen molar-refractivity contribution in [1.29, 1.82) is 0 Å². The quantitative estimate of drug-likeness (QED) is 0.746. The van der Waals surface area contributed by atoms with Gasteiger partial charge in [0.25, 0.3) is 0 Å². The summed E-state index contributed by atoms with van der Waals surface area (Å²) in [5.41, 5.74) is 2.21. The number of amides is 1. The summed E-state index contributed by atoms with van der Waals surface area (Å²) in [6, 6.07) is 14.1. The average molecular weight is 343 g/mol. The van der Waals surface area contributed by atoms with E-state index in [1.54, 1.807) is 16.9 Å². The first kappa shape index (κ1) is 16.0. The van der Waals surface area contributed by atoms with Crippen LogP contribution in [0.1, 0.15) is 11.3 Å². The molecule has 0 atom stereocenters. The maximum Gasteiger partial charge on any atom is 0.224 e. The summed E-state index contributed by atoms with van der Waals surface area (Å²) in [6.45, 7) is 0.279. The van der Waals surface area contributed by atoms with Gasteiger partial charge in [-0.2, -0.15) is 0 Å². The number of carbonyl (C=O) groups excluding carboxylic acids is 1. The van der Waals surface area contributed by atoms with Crippen molar-refractivity contribution >= 4 is 17.5 Å². The van der Waals surface area contributed by atoms with Gasteiger partial charge >= 0.3 is 0 Å². The van der Waals surface area contributed by atoms with Gasteiger partial charge in [-0.05, 0) is 29.8 Å². The van der Waals surface area contributed by atoms with Crippen molar-refractivity contribution in [2.45, 2.75) is 13.0 Å². The molecule has 7 heteroatoms. The minimum atomic E-state index is -0.183. The van der Waals surface area contributed by atoms with Gasteiger partial charge < -0.3 is 10.4 Å². The number of aromatic hydroxyl groups is 1. The number of carbonyl (C=O) groups is 1. The number of para-hydroxylation sites is 1. The van der Waals surface area contributed by atoms with E-state index in [0.29, 0.717) is 16.3 Å². The molecule has 3 aromatic rings. The molecule has 0 unspecified atom stereocenters. The molecule has 0 fully saturated rings. The number of hydrogen-bond donors (Lipinski definition) is 2. The fourth-order valence-corrected chi connectivity index (χ4v) is 2.43. The van der Waals surface area contributed by atoms with Crippen LogP contribution in [-0.2, 0) is 17.8 Å². The molecule has 3 rings (SSSR count). The molecule has 6 nitrogen and oxygen atoms in total. The standard InChI is InChI=1S/C17H15ClN4O2/c18-16-9-15(23)7-6-12(16)8-17(24)19-10-13-11-22(21-20-13)14-4-2-1-3-5-14/h1-7,9,11,23H,8,10H2,(H,19,24). The molecule has 2 aromatic carbocycles. The highest BCUT2D eigenvalue weighted by molar-refractivity contribution is 6.31. The van der Waals surface area contributed by atoms with Gasteiger partial charge in [0, 0.05) is 5.02 Å². The first-order valence-corrected chi connectivity index (χ1v) is 7.70. The lowest BCUT2D eigenvalue weighted by molar-refractivity contribution is -0.120. The summed E-state index contributed by atoms with van der Waals surface area (Å²) in [4.78, 5) is 12.0. The summed E-state index contributed by atoms with van der Waals surface area (Å²) in [6.07, 6.45) is 1.90. The highest BCUT2D eigenvalue weighted by Gasteiger charge is 2.09. The topological polar surface area (TPSA) is 80.0 Å². The molecule has 1 heterocycles. The highest BCUT2D eigenvalue weighted by Crippen LogP contribution is 2.21. The minimum Gasteiger partial charge on any atom is -0.508 e. The summed E-state index contributed by atoms with van der Waals surface area (Å²) in [5, 5.41) is 20.5. The number of halogens is 1. The number of benzene rings is 2. The van der Waals surface area contributed by atoms with Crippen LogP contribution in [0.25, 0.3) is 5.69 Å². The van der Waals surface area contributed by atoms with Crippen LogP contribution < -0.4 is 5.32 Å². The van der Waals surface area contributed by atoms with Gasteiger partial charge in [-0.25, -0.2) is 4.68 Å². The second-order valence-corrected chi connectivity index (χ2v) is 5.63. The zero-order chi connectivity index (χ0) is 16.9. The van der Waals surface area contributed by atoms with Gasteiger partial charge in [-0.15, -0.1) is 5.10 Å². The smallest absolute Gasteiger partial charge is 0.224 e. The molecule has 0 radical (unpaired) electrons. The first-order chi connectivity index (χ1) is 11.6. The fourth-order valence-electron chi connectivity index (χ4n) is 2.19. The molecule has 2 N–H and O–H groups in total. The average Bonchev–Trinajstić information content (AvgIpc) is 3.05. The van der Waals surface area contributed by atoms with E-state index in [0.717, 1.165) is 5.69 Å². The Labute approximate surface area is 143 Å². The Bertz CT molecular complexity index is 849. The first-order valence-electron chi connectivity index (χ1n) is 7.32. The highest BCUT2D eigenvalue weighted by atomic mass is 35.5. The molecule has 1 aromatic heterocycles. The fraction of sp³-hybridized carbons (Fsp3) is 0.118. The van der Waals surface area contributed by atoms with Gasteiger partial charge in [-0.3, -0.25) is 4.79 Å². The number of nitrogens with one attached hydrogen (secondary N) is 1. The van der Waals surface area contributed by atoms with Crippen molar-refractivity contribution in [2.24, 2.45) is 0 Å². The van der Waals surface area contributed by atoms with E-state index >= 15 is 0 Å². The van der Waals surface area contributed by atoms with Crippen LogP contribution in [0.2, 0.25) is 5.02 Å². The van der Waals surface area contributed by atoms with Crippen LogP contribution in [0.3, 0.4) is 0 Å². The van der Waals surface area contributed by atoms with E-state index in [9.17, 15) is 9.90 Å². The van der Waals surface area contributed by atoms with Crippen molar-refractivity contribution < 1.29 is 9.90 Å².